The van der Waals surface area contributed by atoms with E-state index < -0.39 is 23.6 Å². The lowest BCUT2D eigenvalue weighted by Gasteiger charge is -2.40. The molecule has 7 heteroatoms. The van der Waals surface area contributed by atoms with Crippen molar-refractivity contribution in [2.75, 3.05) is 20.2 Å². The Labute approximate surface area is 127 Å². The third-order valence-corrected chi connectivity index (χ3v) is 3.63. The predicted octanol–water partition coefficient (Wildman–Crippen LogP) is 0.398. The molecule has 0 aromatic carbocycles. The molecular formula is C15H16N2O5. The number of ether oxygens (including phenoxy) is 1. The van der Waals surface area contributed by atoms with Gasteiger partial charge in [-0.05, 0) is 18.1 Å². The fourth-order valence-electron chi connectivity index (χ4n) is 2.26. The van der Waals surface area contributed by atoms with Crippen LogP contribution in [-0.2, 0) is 4.74 Å². The van der Waals surface area contributed by atoms with E-state index in [1.54, 1.807) is 18.3 Å². The van der Waals surface area contributed by atoms with Gasteiger partial charge in [0.05, 0.1) is 6.54 Å². The van der Waals surface area contributed by atoms with E-state index in [0.29, 0.717) is 5.56 Å². The molecule has 0 bridgehead atoms. The highest BCUT2D eigenvalue weighted by atomic mass is 16.5. The number of nitrogens with zero attached hydrogens (tertiary/aromatic N) is 2. The normalized spacial score (nSPS) is 24.3. The number of amides is 1. The quantitative estimate of drug-likeness (QED) is 0.466. The van der Waals surface area contributed by atoms with E-state index in [1.165, 1.54) is 13.3 Å². The van der Waals surface area contributed by atoms with Gasteiger partial charge in [-0.15, -0.1) is 0 Å². The van der Waals surface area contributed by atoms with Crippen molar-refractivity contribution in [1.29, 1.82) is 0 Å². The summed E-state index contributed by atoms with van der Waals surface area (Å²) in [6.45, 7) is 0.0644. The van der Waals surface area contributed by atoms with Crippen LogP contribution in [0, 0.1) is 11.8 Å². The monoisotopic (exact) mass is 304 g/mol. The molecule has 2 N–H and O–H groups in total. The third-order valence-electron chi connectivity index (χ3n) is 3.63. The molecule has 0 radical (unpaired) electrons. The Balaban J connectivity index is 2.18. The van der Waals surface area contributed by atoms with Gasteiger partial charge in [-0.3, -0.25) is 9.78 Å². The maximum atomic E-state index is 12.0. The standard InChI is InChI=1S/C15H16N2O5/c1-22-15(6-8-17(14(20)21)10-13(15)19)5-4-12(18)11-3-2-7-16-9-11/h2-3,7,9,13,19H,6,8,10H2,1H3,(H,20,21). The number of carbonyl (C=O) groups is 2. The van der Waals surface area contributed by atoms with Crippen LogP contribution in [0.2, 0.25) is 0 Å². The van der Waals surface area contributed by atoms with Gasteiger partial charge in [-0.2, -0.15) is 0 Å². The molecule has 1 amide bonds. The zero-order valence-corrected chi connectivity index (χ0v) is 12.0. The number of carboxylic acid groups (broad SMARTS) is 1. The molecule has 0 spiro atoms. The van der Waals surface area contributed by atoms with Gasteiger partial charge in [0, 0.05) is 38.0 Å². The van der Waals surface area contributed by atoms with Crippen LogP contribution in [0.4, 0.5) is 4.79 Å². The van der Waals surface area contributed by atoms with Crippen molar-refractivity contribution >= 4 is 11.9 Å². The number of aliphatic hydroxyl groups is 1. The second-order valence-corrected chi connectivity index (χ2v) is 4.91. The molecule has 1 saturated heterocycles. The first-order chi connectivity index (χ1) is 10.5. The Morgan fingerprint density at radius 1 is 1.55 bits per heavy atom. The van der Waals surface area contributed by atoms with Crippen molar-refractivity contribution in [2.45, 2.75) is 18.1 Å². The SMILES string of the molecule is COC1(C#CC(=O)c2cccnc2)CCN(C(=O)O)CC1O. The number of likely N-dealkylation sites (tertiary alicyclic amines) is 1. The highest BCUT2D eigenvalue weighted by Crippen LogP contribution is 2.25. The molecule has 2 rings (SSSR count). The summed E-state index contributed by atoms with van der Waals surface area (Å²) in [5.74, 6) is 4.70. The topological polar surface area (TPSA) is 100.0 Å². The van der Waals surface area contributed by atoms with Gasteiger partial charge >= 0.3 is 6.09 Å². The fourth-order valence-corrected chi connectivity index (χ4v) is 2.26. The summed E-state index contributed by atoms with van der Waals surface area (Å²) in [6.07, 6.45) is 0.899. The average molecular weight is 304 g/mol. The number of aliphatic hydroxyl groups excluding tert-OH is 1. The summed E-state index contributed by atoms with van der Waals surface area (Å²) in [4.78, 5) is 27.8. The summed E-state index contributed by atoms with van der Waals surface area (Å²) >= 11 is 0. The first-order valence-electron chi connectivity index (χ1n) is 6.67. The fraction of sp³-hybridized carbons (Fsp3) is 0.400. The molecule has 1 fully saturated rings. The van der Waals surface area contributed by atoms with Gasteiger partial charge in [0.1, 0.15) is 6.10 Å². The lowest BCUT2D eigenvalue weighted by molar-refractivity contribution is -0.0989. The van der Waals surface area contributed by atoms with Crippen molar-refractivity contribution in [3.8, 4) is 11.8 Å². The minimum atomic E-state index is -1.25. The van der Waals surface area contributed by atoms with E-state index >= 15 is 0 Å². The second kappa shape index (κ2) is 6.56. The summed E-state index contributed by atoms with van der Waals surface area (Å²) in [6, 6.07) is 3.22. The second-order valence-electron chi connectivity index (χ2n) is 4.91. The van der Waals surface area contributed by atoms with Crippen LogP contribution in [0.5, 0.6) is 0 Å². The van der Waals surface area contributed by atoms with Crippen molar-refractivity contribution in [2.24, 2.45) is 0 Å². The minimum absolute atomic E-state index is 0.112. The molecule has 2 unspecified atom stereocenters. The van der Waals surface area contributed by atoms with Gasteiger partial charge in [0.15, 0.2) is 5.60 Å². The summed E-state index contributed by atoms with van der Waals surface area (Å²) in [7, 11) is 1.38. The number of pyridine rings is 1. The highest BCUT2D eigenvalue weighted by molar-refractivity contribution is 6.08. The van der Waals surface area contributed by atoms with Crippen LogP contribution >= 0.6 is 0 Å². The number of carbonyl (C=O) groups excluding carboxylic acids is 1. The molecule has 116 valence electrons. The number of hydrogen-bond donors (Lipinski definition) is 2. The number of aromatic nitrogens is 1. The van der Waals surface area contributed by atoms with Gasteiger partial charge in [-0.25, -0.2) is 4.79 Å². The largest absolute Gasteiger partial charge is 0.465 e. The van der Waals surface area contributed by atoms with Crippen LogP contribution in [0.15, 0.2) is 24.5 Å². The molecule has 1 aromatic rings. The van der Waals surface area contributed by atoms with Crippen LogP contribution < -0.4 is 0 Å². The Morgan fingerprint density at radius 2 is 2.32 bits per heavy atom. The van der Waals surface area contributed by atoms with Crippen LogP contribution in [-0.4, -0.2) is 63.9 Å². The smallest absolute Gasteiger partial charge is 0.407 e. The molecule has 1 aromatic heterocycles. The van der Waals surface area contributed by atoms with E-state index in [9.17, 15) is 14.7 Å². The van der Waals surface area contributed by atoms with Crippen LogP contribution in [0.3, 0.4) is 0 Å². The zero-order valence-electron chi connectivity index (χ0n) is 12.0. The molecule has 22 heavy (non-hydrogen) atoms. The first kappa shape index (κ1) is 15.9. The number of hydrogen-bond acceptors (Lipinski definition) is 5. The van der Waals surface area contributed by atoms with Gasteiger partial charge in [-0.1, -0.05) is 5.92 Å². The molecular weight excluding hydrogens is 288 g/mol. The molecule has 1 aliphatic heterocycles. The number of Topliss-reactive ketones (excluding diaryl/α,β-unsaturated/α-hetero) is 1. The van der Waals surface area contributed by atoms with E-state index in [4.69, 9.17) is 9.84 Å². The Bertz CT molecular complexity index is 622. The van der Waals surface area contributed by atoms with Crippen LogP contribution in [0.1, 0.15) is 16.8 Å². The Kier molecular flexibility index (Phi) is 4.75. The van der Waals surface area contributed by atoms with E-state index in [0.717, 1.165) is 4.90 Å². The molecule has 2 atom stereocenters. The highest BCUT2D eigenvalue weighted by Gasteiger charge is 2.42. The average Bonchev–Trinajstić information content (AvgIpc) is 2.54. The van der Waals surface area contributed by atoms with Gasteiger partial charge in [0.25, 0.3) is 0 Å². The Hall–Kier alpha value is -2.43. The van der Waals surface area contributed by atoms with Crippen molar-refractivity contribution < 1.29 is 24.5 Å². The zero-order chi connectivity index (χ0) is 16.2. The summed E-state index contributed by atoms with van der Waals surface area (Å²) < 4.78 is 5.29. The summed E-state index contributed by atoms with van der Waals surface area (Å²) in [5, 5.41) is 19.1. The minimum Gasteiger partial charge on any atom is -0.465 e. The summed E-state index contributed by atoms with van der Waals surface area (Å²) in [5.41, 5.74) is -0.900. The predicted molar refractivity (Wildman–Crippen MR) is 76.3 cm³/mol. The van der Waals surface area contributed by atoms with E-state index in [1.807, 2.05) is 0 Å². The van der Waals surface area contributed by atoms with Crippen LogP contribution in [0.25, 0.3) is 0 Å². The molecule has 0 aliphatic carbocycles. The molecule has 2 heterocycles. The third kappa shape index (κ3) is 3.24. The van der Waals surface area contributed by atoms with Crippen molar-refractivity contribution in [3.63, 3.8) is 0 Å². The maximum absolute atomic E-state index is 12.0. The molecule has 7 nitrogen and oxygen atoms in total. The number of rotatable bonds is 2. The number of β-amino-alcohol motifs (C(OH)–C–C–N with tert-alkyl or cyclic N) is 1. The van der Waals surface area contributed by atoms with Gasteiger partial charge < -0.3 is 19.8 Å². The maximum Gasteiger partial charge on any atom is 0.407 e. The van der Waals surface area contributed by atoms with E-state index in [2.05, 4.69) is 16.8 Å². The van der Waals surface area contributed by atoms with Crippen molar-refractivity contribution in [3.05, 3.63) is 30.1 Å². The Morgan fingerprint density at radius 3 is 2.86 bits per heavy atom. The molecule has 0 saturated carbocycles. The van der Waals surface area contributed by atoms with E-state index in [-0.39, 0.29) is 19.5 Å². The van der Waals surface area contributed by atoms with Gasteiger partial charge in [0.2, 0.25) is 5.78 Å². The lowest BCUT2D eigenvalue weighted by Crippen LogP contribution is -2.57. The number of ketones is 1. The molecule has 1 aliphatic rings. The van der Waals surface area contributed by atoms with Crippen molar-refractivity contribution in [1.82, 2.24) is 9.88 Å². The number of piperidine rings is 1. The first-order valence-corrected chi connectivity index (χ1v) is 6.67. The number of methoxy groups -OCH3 is 1. The lowest BCUT2D eigenvalue weighted by atomic mass is 9.88.